The molecule has 1 atom stereocenters. The van der Waals surface area contributed by atoms with E-state index in [4.69, 9.17) is 9.26 Å². The van der Waals surface area contributed by atoms with Crippen LogP contribution >= 0.6 is 0 Å². The van der Waals surface area contributed by atoms with Gasteiger partial charge in [0.15, 0.2) is 5.58 Å². The highest BCUT2D eigenvalue weighted by Gasteiger charge is 2.33. The summed E-state index contributed by atoms with van der Waals surface area (Å²) in [6, 6.07) is 9.40. The summed E-state index contributed by atoms with van der Waals surface area (Å²) in [5.74, 6) is 1.15. The van der Waals surface area contributed by atoms with Crippen LogP contribution in [0, 0.1) is 5.92 Å². The van der Waals surface area contributed by atoms with Crippen LogP contribution in [0.1, 0.15) is 30.1 Å². The fourth-order valence-corrected chi connectivity index (χ4v) is 3.07. The van der Waals surface area contributed by atoms with Gasteiger partial charge in [0, 0.05) is 17.8 Å². The van der Waals surface area contributed by atoms with Crippen LogP contribution in [0.5, 0.6) is 5.75 Å². The number of nitrogens with one attached hydrogen (secondary N) is 1. The molecule has 4 rings (SSSR count). The second-order valence-corrected chi connectivity index (χ2v) is 6.33. The Hall–Kier alpha value is -2.89. The summed E-state index contributed by atoms with van der Waals surface area (Å²) < 4.78 is 10.5. The second-order valence-electron chi connectivity index (χ2n) is 6.33. The summed E-state index contributed by atoms with van der Waals surface area (Å²) in [6.07, 6.45) is 5.96. The average molecular weight is 337 g/mol. The number of benzene rings is 1. The first-order valence-corrected chi connectivity index (χ1v) is 8.36. The van der Waals surface area contributed by atoms with Crippen molar-refractivity contribution >= 4 is 16.9 Å². The molecule has 6 heteroatoms. The van der Waals surface area contributed by atoms with Gasteiger partial charge in [-0.3, -0.25) is 9.78 Å². The number of fused-ring (bicyclic) bond motifs is 1. The molecule has 6 nitrogen and oxygen atoms in total. The highest BCUT2D eigenvalue weighted by molar-refractivity contribution is 5.87. The monoisotopic (exact) mass is 337 g/mol. The Balaban J connectivity index is 1.52. The minimum absolute atomic E-state index is 0.0307. The molecular formula is C19H19N3O3. The lowest BCUT2D eigenvalue weighted by Crippen LogP contribution is -2.31. The number of carbonyl (C=O) groups is 1. The maximum atomic E-state index is 12.6. The third-order valence-electron chi connectivity index (χ3n) is 4.55. The average Bonchev–Trinajstić information content (AvgIpc) is 3.42. The Kier molecular flexibility index (Phi) is 4.09. The smallest absolute Gasteiger partial charge is 0.226 e. The van der Waals surface area contributed by atoms with Crippen molar-refractivity contribution in [3.63, 3.8) is 0 Å². The van der Waals surface area contributed by atoms with E-state index < -0.39 is 0 Å². The fourth-order valence-electron chi connectivity index (χ4n) is 3.07. The highest BCUT2D eigenvalue weighted by Crippen LogP contribution is 2.40. The standard InChI is InChI=1S/C19H19N3O3/c1-24-14-4-5-17-15(10-14)16(22-25-17)11-18(23)21-19(12-2-3-12)13-6-8-20-9-7-13/h4-10,12,19H,2-3,11H2,1H3,(H,21,23). The molecule has 0 bridgehead atoms. The van der Waals surface area contributed by atoms with E-state index in [0.29, 0.717) is 22.9 Å². The zero-order valence-electron chi connectivity index (χ0n) is 13.9. The van der Waals surface area contributed by atoms with E-state index in [1.165, 1.54) is 0 Å². The quantitative estimate of drug-likeness (QED) is 0.748. The van der Waals surface area contributed by atoms with E-state index in [2.05, 4.69) is 15.5 Å². The van der Waals surface area contributed by atoms with Crippen LogP contribution in [0.3, 0.4) is 0 Å². The van der Waals surface area contributed by atoms with Crippen molar-refractivity contribution in [2.45, 2.75) is 25.3 Å². The number of ether oxygens (including phenoxy) is 1. The molecule has 2 heterocycles. The molecule has 0 aliphatic heterocycles. The molecule has 1 aromatic carbocycles. The van der Waals surface area contributed by atoms with Gasteiger partial charge < -0.3 is 14.6 Å². The second kappa shape index (κ2) is 6.55. The van der Waals surface area contributed by atoms with E-state index in [1.54, 1.807) is 25.6 Å². The normalized spacial score (nSPS) is 15.1. The number of hydrogen-bond acceptors (Lipinski definition) is 5. The van der Waals surface area contributed by atoms with Crippen molar-refractivity contribution in [3.05, 3.63) is 54.0 Å². The largest absolute Gasteiger partial charge is 0.497 e. The van der Waals surface area contributed by atoms with Crippen molar-refractivity contribution in [3.8, 4) is 5.75 Å². The zero-order valence-corrected chi connectivity index (χ0v) is 13.9. The molecule has 0 spiro atoms. The number of methoxy groups -OCH3 is 1. The van der Waals surface area contributed by atoms with Gasteiger partial charge in [0.2, 0.25) is 5.91 Å². The number of rotatable bonds is 6. The number of aromatic nitrogens is 2. The topological polar surface area (TPSA) is 77.2 Å². The lowest BCUT2D eigenvalue weighted by Gasteiger charge is -2.18. The van der Waals surface area contributed by atoms with Crippen LogP contribution in [0.25, 0.3) is 11.0 Å². The fraction of sp³-hybridized carbons (Fsp3) is 0.316. The van der Waals surface area contributed by atoms with Gasteiger partial charge in [0.1, 0.15) is 11.4 Å². The lowest BCUT2D eigenvalue weighted by atomic mass is 10.0. The molecule has 2 aromatic heterocycles. The maximum absolute atomic E-state index is 12.6. The number of amides is 1. The minimum Gasteiger partial charge on any atom is -0.497 e. The third kappa shape index (κ3) is 3.33. The van der Waals surface area contributed by atoms with E-state index in [1.807, 2.05) is 24.3 Å². The summed E-state index contributed by atoms with van der Waals surface area (Å²) in [4.78, 5) is 16.6. The molecule has 1 saturated carbocycles. The van der Waals surface area contributed by atoms with E-state index in [0.717, 1.165) is 23.8 Å². The molecule has 25 heavy (non-hydrogen) atoms. The highest BCUT2D eigenvalue weighted by atomic mass is 16.5. The summed E-state index contributed by atoms with van der Waals surface area (Å²) >= 11 is 0. The predicted molar refractivity (Wildman–Crippen MR) is 92.1 cm³/mol. The van der Waals surface area contributed by atoms with Crippen molar-refractivity contribution in [1.29, 1.82) is 0 Å². The first-order chi connectivity index (χ1) is 12.2. The van der Waals surface area contributed by atoms with Gasteiger partial charge in [0.05, 0.1) is 19.6 Å². The molecule has 1 amide bonds. The number of nitrogens with zero attached hydrogens (tertiary/aromatic N) is 2. The summed E-state index contributed by atoms with van der Waals surface area (Å²) in [7, 11) is 1.61. The van der Waals surface area contributed by atoms with Gasteiger partial charge in [-0.1, -0.05) is 5.16 Å². The maximum Gasteiger partial charge on any atom is 0.226 e. The molecule has 128 valence electrons. The van der Waals surface area contributed by atoms with Crippen LogP contribution in [0.15, 0.2) is 47.2 Å². The van der Waals surface area contributed by atoms with E-state index >= 15 is 0 Å². The lowest BCUT2D eigenvalue weighted by molar-refractivity contribution is -0.121. The minimum atomic E-state index is -0.0632. The van der Waals surface area contributed by atoms with Crippen LogP contribution < -0.4 is 10.1 Å². The molecule has 1 fully saturated rings. The summed E-state index contributed by atoms with van der Waals surface area (Å²) in [6.45, 7) is 0. The van der Waals surface area contributed by atoms with Crippen molar-refractivity contribution in [2.24, 2.45) is 5.92 Å². The molecule has 3 aromatic rings. The Morgan fingerprint density at radius 2 is 2.12 bits per heavy atom. The van der Waals surface area contributed by atoms with E-state index in [-0.39, 0.29) is 18.4 Å². The van der Waals surface area contributed by atoms with Crippen molar-refractivity contribution in [2.75, 3.05) is 7.11 Å². The molecule has 0 radical (unpaired) electrons. The van der Waals surface area contributed by atoms with Gasteiger partial charge in [-0.05, 0) is 54.7 Å². The predicted octanol–water partition coefficient (Wildman–Crippen LogP) is 3.04. The Labute approximate surface area is 145 Å². The number of carbonyl (C=O) groups excluding carboxylic acids is 1. The first-order valence-electron chi connectivity index (χ1n) is 8.36. The number of pyridine rings is 1. The van der Waals surface area contributed by atoms with Crippen molar-refractivity contribution < 1.29 is 14.1 Å². The SMILES string of the molecule is COc1ccc2onc(CC(=O)NC(c3ccncc3)C3CC3)c2c1. The van der Waals surface area contributed by atoms with Gasteiger partial charge >= 0.3 is 0 Å². The van der Waals surface area contributed by atoms with Crippen LogP contribution in [0.4, 0.5) is 0 Å². The molecule has 0 saturated heterocycles. The molecule has 1 aliphatic rings. The Morgan fingerprint density at radius 3 is 2.84 bits per heavy atom. The number of hydrogen-bond donors (Lipinski definition) is 1. The van der Waals surface area contributed by atoms with E-state index in [9.17, 15) is 4.79 Å². The van der Waals surface area contributed by atoms with Crippen LogP contribution in [-0.2, 0) is 11.2 Å². The molecule has 1 N–H and O–H groups in total. The van der Waals surface area contributed by atoms with Crippen molar-refractivity contribution in [1.82, 2.24) is 15.5 Å². The first kappa shape index (κ1) is 15.6. The molecule has 1 unspecified atom stereocenters. The van der Waals surface area contributed by atoms with Gasteiger partial charge in [-0.2, -0.15) is 0 Å². The van der Waals surface area contributed by atoms with Crippen LogP contribution in [-0.4, -0.2) is 23.2 Å². The Morgan fingerprint density at radius 1 is 1.32 bits per heavy atom. The van der Waals surface area contributed by atoms with Crippen LogP contribution in [0.2, 0.25) is 0 Å². The summed E-state index contributed by atoms with van der Waals surface area (Å²) in [5, 5.41) is 8.00. The van der Waals surface area contributed by atoms with Gasteiger partial charge in [0.25, 0.3) is 0 Å². The van der Waals surface area contributed by atoms with Gasteiger partial charge in [-0.25, -0.2) is 0 Å². The summed E-state index contributed by atoms with van der Waals surface area (Å²) in [5.41, 5.74) is 2.37. The van der Waals surface area contributed by atoms with Gasteiger partial charge in [-0.15, -0.1) is 0 Å². The molecular weight excluding hydrogens is 318 g/mol. The Bertz CT molecular complexity index is 887. The zero-order chi connectivity index (χ0) is 17.2. The molecule has 1 aliphatic carbocycles. The third-order valence-corrected chi connectivity index (χ3v) is 4.55.